The van der Waals surface area contributed by atoms with E-state index in [1.807, 2.05) is 0 Å². The van der Waals surface area contributed by atoms with E-state index in [-0.39, 0.29) is 12.3 Å². The van der Waals surface area contributed by atoms with Gasteiger partial charge in [0, 0.05) is 6.20 Å². The van der Waals surface area contributed by atoms with Gasteiger partial charge in [0.25, 0.3) is 5.24 Å². The van der Waals surface area contributed by atoms with Crippen LogP contribution in [0, 0.1) is 0 Å². The van der Waals surface area contributed by atoms with Crippen molar-refractivity contribution in [3.8, 4) is 0 Å². The molecule has 17 heavy (non-hydrogen) atoms. The number of carbonyl (C=O) groups excluding carboxylic acids is 1. The van der Waals surface area contributed by atoms with Crippen molar-refractivity contribution in [3.63, 3.8) is 0 Å². The van der Waals surface area contributed by atoms with E-state index >= 15 is 0 Å². The normalized spacial score (nSPS) is 12.6. The highest BCUT2D eigenvalue weighted by atomic mass is 35.5. The maximum absolute atomic E-state index is 12.3. The fraction of sp³-hybridized carbons (Fsp3) is 0.250. The van der Waals surface area contributed by atoms with Crippen LogP contribution in [0.1, 0.15) is 21.6 Å². The summed E-state index contributed by atoms with van der Waals surface area (Å²) in [5.41, 5.74) is -4.86. The third kappa shape index (κ3) is 3.09. The molecule has 0 aliphatic carbocycles. The fourth-order valence-electron chi connectivity index (χ4n) is 1.02. The van der Waals surface area contributed by atoms with Crippen LogP contribution in [0.5, 0.6) is 0 Å². The Morgan fingerprint density at radius 2 is 1.53 bits per heavy atom. The lowest BCUT2D eigenvalue weighted by atomic mass is 10.1. The Bertz CT molecular complexity index is 452. The molecule has 0 radical (unpaired) electrons. The van der Waals surface area contributed by atoms with Gasteiger partial charge in [-0.2, -0.15) is 26.3 Å². The van der Waals surface area contributed by atoms with Gasteiger partial charge in [-0.15, -0.1) is 0 Å². The monoisotopic (exact) mass is 277 g/mol. The van der Waals surface area contributed by atoms with Crippen LogP contribution in [-0.2, 0) is 12.4 Å². The largest absolute Gasteiger partial charge is 0.418 e. The molecular formula is C8H2ClF6NO. The van der Waals surface area contributed by atoms with Gasteiger partial charge in [-0.3, -0.25) is 9.78 Å². The van der Waals surface area contributed by atoms with Crippen molar-refractivity contribution in [1.29, 1.82) is 0 Å². The average molecular weight is 278 g/mol. The summed E-state index contributed by atoms with van der Waals surface area (Å²) in [5, 5.41) is -1.37. The van der Waals surface area contributed by atoms with Gasteiger partial charge >= 0.3 is 12.4 Å². The van der Waals surface area contributed by atoms with Crippen LogP contribution in [0.15, 0.2) is 12.3 Å². The smallest absolute Gasteiger partial charge is 0.274 e. The lowest BCUT2D eigenvalue weighted by molar-refractivity contribution is -0.162. The summed E-state index contributed by atoms with van der Waals surface area (Å²) in [7, 11) is 0. The molecule has 1 rings (SSSR count). The van der Waals surface area contributed by atoms with Gasteiger partial charge in [-0.05, 0) is 17.7 Å². The quantitative estimate of drug-likeness (QED) is 0.581. The summed E-state index contributed by atoms with van der Waals surface area (Å²) in [4.78, 5) is 13.5. The van der Waals surface area contributed by atoms with Crippen LogP contribution in [0.4, 0.5) is 26.3 Å². The van der Waals surface area contributed by atoms with E-state index < -0.39 is 34.4 Å². The maximum Gasteiger partial charge on any atom is 0.418 e. The summed E-state index contributed by atoms with van der Waals surface area (Å²) >= 11 is 4.84. The van der Waals surface area contributed by atoms with Gasteiger partial charge in [-0.25, -0.2) is 0 Å². The SMILES string of the molecule is O=C(Cl)c1cc(C(F)(F)F)c(C(F)(F)F)cn1. The predicted molar refractivity (Wildman–Crippen MR) is 44.4 cm³/mol. The Morgan fingerprint density at radius 1 is 1.06 bits per heavy atom. The van der Waals surface area contributed by atoms with Crippen LogP contribution in [0.2, 0.25) is 0 Å². The highest BCUT2D eigenvalue weighted by molar-refractivity contribution is 6.67. The molecule has 9 heteroatoms. The first-order valence-electron chi connectivity index (χ1n) is 3.87. The van der Waals surface area contributed by atoms with Crippen LogP contribution < -0.4 is 0 Å². The number of alkyl halides is 6. The van der Waals surface area contributed by atoms with Gasteiger partial charge < -0.3 is 0 Å². The molecule has 0 saturated heterocycles. The minimum Gasteiger partial charge on any atom is -0.274 e. The van der Waals surface area contributed by atoms with Crippen molar-refractivity contribution in [2.24, 2.45) is 0 Å². The van der Waals surface area contributed by atoms with Gasteiger partial charge in [0.15, 0.2) is 0 Å². The van der Waals surface area contributed by atoms with Crippen LogP contribution in [0.25, 0.3) is 0 Å². The zero-order chi connectivity index (χ0) is 13.4. The molecule has 0 N–H and O–H groups in total. The second kappa shape index (κ2) is 4.17. The topological polar surface area (TPSA) is 30.0 Å². The number of pyridine rings is 1. The molecule has 0 aliphatic heterocycles. The Morgan fingerprint density at radius 3 is 1.88 bits per heavy atom. The summed E-state index contributed by atoms with van der Waals surface area (Å²) in [6.45, 7) is 0. The summed E-state index contributed by atoms with van der Waals surface area (Å²) < 4.78 is 73.8. The van der Waals surface area contributed by atoms with Crippen molar-refractivity contribution in [2.45, 2.75) is 12.4 Å². The van der Waals surface area contributed by atoms with Crippen molar-refractivity contribution in [1.82, 2.24) is 4.98 Å². The van der Waals surface area contributed by atoms with Crippen LogP contribution in [-0.4, -0.2) is 10.2 Å². The zero-order valence-electron chi connectivity index (χ0n) is 7.66. The van der Waals surface area contributed by atoms with Crippen LogP contribution in [0.3, 0.4) is 0 Å². The van der Waals surface area contributed by atoms with Crippen LogP contribution >= 0.6 is 11.6 Å². The molecule has 1 heterocycles. The molecule has 0 aromatic carbocycles. The molecule has 0 unspecified atom stereocenters. The second-order valence-electron chi connectivity index (χ2n) is 2.88. The summed E-state index contributed by atoms with van der Waals surface area (Å²) in [5.74, 6) is 0. The molecule has 0 atom stereocenters. The molecule has 0 saturated carbocycles. The Balaban J connectivity index is 3.49. The Kier molecular flexibility index (Phi) is 3.37. The molecule has 0 spiro atoms. The van der Waals surface area contributed by atoms with Gasteiger partial charge in [-0.1, -0.05) is 0 Å². The number of hydrogen-bond acceptors (Lipinski definition) is 2. The lowest BCUT2D eigenvalue weighted by Gasteiger charge is -2.15. The Hall–Kier alpha value is -1.31. The van der Waals surface area contributed by atoms with E-state index in [2.05, 4.69) is 4.98 Å². The predicted octanol–water partition coefficient (Wildman–Crippen LogP) is 3.50. The third-order valence-corrected chi connectivity index (χ3v) is 1.91. The standard InChI is InChI=1S/C8H2ClF6NO/c9-6(17)5-1-3(7(10,11)12)4(2-16-5)8(13,14)15/h1-2H. The van der Waals surface area contributed by atoms with Gasteiger partial charge in [0.05, 0.1) is 11.1 Å². The van der Waals surface area contributed by atoms with Crippen molar-refractivity contribution in [3.05, 3.63) is 29.1 Å². The van der Waals surface area contributed by atoms with E-state index in [4.69, 9.17) is 11.6 Å². The van der Waals surface area contributed by atoms with E-state index in [1.165, 1.54) is 0 Å². The van der Waals surface area contributed by atoms with Crippen molar-refractivity contribution >= 4 is 16.8 Å². The molecule has 0 bridgehead atoms. The molecule has 0 fully saturated rings. The molecule has 0 amide bonds. The fourth-order valence-corrected chi connectivity index (χ4v) is 1.13. The average Bonchev–Trinajstić information content (AvgIpc) is 2.14. The highest BCUT2D eigenvalue weighted by Crippen LogP contribution is 2.40. The number of aromatic nitrogens is 1. The van der Waals surface area contributed by atoms with Gasteiger partial charge in [0.1, 0.15) is 5.69 Å². The first kappa shape index (κ1) is 13.8. The first-order valence-corrected chi connectivity index (χ1v) is 4.25. The maximum atomic E-state index is 12.3. The minimum absolute atomic E-state index is 0.0296. The second-order valence-corrected chi connectivity index (χ2v) is 3.23. The summed E-state index contributed by atoms with van der Waals surface area (Å²) in [6, 6.07) is -0.0296. The molecule has 1 aromatic heterocycles. The highest BCUT2D eigenvalue weighted by Gasteiger charge is 2.43. The van der Waals surface area contributed by atoms with E-state index in [1.54, 1.807) is 0 Å². The summed E-state index contributed by atoms with van der Waals surface area (Å²) in [6.07, 6.45) is -10.5. The lowest BCUT2D eigenvalue weighted by Crippen LogP contribution is -2.18. The zero-order valence-corrected chi connectivity index (χ0v) is 8.41. The van der Waals surface area contributed by atoms with Gasteiger partial charge in [0.2, 0.25) is 0 Å². The number of hydrogen-bond donors (Lipinski definition) is 0. The number of rotatable bonds is 1. The number of halogens is 7. The van der Waals surface area contributed by atoms with E-state index in [0.717, 1.165) is 0 Å². The number of carbonyl (C=O) groups is 1. The van der Waals surface area contributed by atoms with E-state index in [9.17, 15) is 31.1 Å². The molecular weight excluding hydrogens is 276 g/mol. The molecule has 0 aliphatic rings. The molecule has 1 aromatic rings. The molecule has 2 nitrogen and oxygen atoms in total. The molecule has 94 valence electrons. The first-order chi connectivity index (χ1) is 7.53. The van der Waals surface area contributed by atoms with Crippen molar-refractivity contribution in [2.75, 3.05) is 0 Å². The van der Waals surface area contributed by atoms with Crippen molar-refractivity contribution < 1.29 is 31.1 Å². The Labute approximate surface area is 95.2 Å². The minimum atomic E-state index is -5.26. The number of nitrogens with zero attached hydrogens (tertiary/aromatic N) is 1. The third-order valence-electron chi connectivity index (χ3n) is 1.72. The van der Waals surface area contributed by atoms with E-state index in [0.29, 0.717) is 0 Å².